The lowest BCUT2D eigenvalue weighted by Gasteiger charge is -2.17. The fraction of sp³-hybridized carbons (Fsp3) is 0.444. The number of hydrogen-bond donors (Lipinski definition) is 0. The highest BCUT2D eigenvalue weighted by atomic mass is 16.5. The van der Waals surface area contributed by atoms with Crippen LogP contribution in [0.2, 0.25) is 0 Å². The summed E-state index contributed by atoms with van der Waals surface area (Å²) in [6.07, 6.45) is 7.24. The van der Waals surface area contributed by atoms with Crippen molar-refractivity contribution in [1.82, 2.24) is 0 Å². The van der Waals surface area contributed by atoms with E-state index in [1.807, 2.05) is 31.2 Å². The molecule has 0 saturated carbocycles. The first-order valence-electron chi connectivity index (χ1n) is 7.25. The fourth-order valence-corrected chi connectivity index (χ4v) is 2.33. The van der Waals surface area contributed by atoms with Gasteiger partial charge >= 0.3 is 0 Å². The predicted octanol–water partition coefficient (Wildman–Crippen LogP) is 4.57. The Morgan fingerprint density at radius 1 is 1.16 bits per heavy atom. The third kappa shape index (κ3) is 4.17. The second kappa shape index (κ2) is 7.04. The lowest BCUT2D eigenvalue weighted by molar-refractivity contribution is 0.340. The van der Waals surface area contributed by atoms with Crippen LogP contribution < -0.4 is 4.74 Å². The molecule has 2 rings (SSSR count). The third-order valence-electron chi connectivity index (χ3n) is 3.63. The minimum absolute atomic E-state index is 0.705. The minimum Gasteiger partial charge on any atom is -0.494 e. The van der Waals surface area contributed by atoms with Gasteiger partial charge in [-0.15, -0.1) is 0 Å². The summed E-state index contributed by atoms with van der Waals surface area (Å²) in [5.74, 6) is 8.33. The van der Waals surface area contributed by atoms with Gasteiger partial charge in [-0.25, -0.2) is 0 Å². The van der Waals surface area contributed by atoms with E-state index in [2.05, 4.69) is 24.8 Å². The Morgan fingerprint density at radius 2 is 1.95 bits per heavy atom. The van der Waals surface area contributed by atoms with Crippen molar-refractivity contribution >= 4 is 0 Å². The molecule has 1 nitrogen and oxygen atoms in total. The van der Waals surface area contributed by atoms with Crippen LogP contribution in [0, 0.1) is 17.8 Å². The first-order valence-corrected chi connectivity index (χ1v) is 7.25. The van der Waals surface area contributed by atoms with Crippen molar-refractivity contribution in [3.05, 3.63) is 41.5 Å². The molecule has 0 saturated heterocycles. The molecule has 0 fully saturated rings. The molecule has 1 aliphatic rings. The lowest BCUT2D eigenvalue weighted by atomic mass is 9.88. The largest absolute Gasteiger partial charge is 0.494 e. The minimum atomic E-state index is 0.705. The highest BCUT2D eigenvalue weighted by Crippen LogP contribution is 2.25. The quantitative estimate of drug-likeness (QED) is 0.718. The molecule has 0 bridgehead atoms. The summed E-state index contributed by atoms with van der Waals surface area (Å²) in [6.45, 7) is 4.97. The Balaban J connectivity index is 1.98. The summed E-state index contributed by atoms with van der Waals surface area (Å²) in [5, 5.41) is 0. The maximum Gasteiger partial charge on any atom is 0.119 e. The molecule has 0 radical (unpaired) electrons. The molecular formula is C18H22O. The molecule has 1 atom stereocenters. The number of rotatable bonds is 3. The monoisotopic (exact) mass is 254 g/mol. The van der Waals surface area contributed by atoms with Crippen molar-refractivity contribution in [2.45, 2.75) is 39.5 Å². The molecule has 0 aromatic heterocycles. The van der Waals surface area contributed by atoms with E-state index in [0.29, 0.717) is 6.61 Å². The second-order valence-corrected chi connectivity index (χ2v) is 4.99. The van der Waals surface area contributed by atoms with E-state index in [1.54, 1.807) is 0 Å². The summed E-state index contributed by atoms with van der Waals surface area (Å²) in [4.78, 5) is 0. The molecule has 100 valence electrons. The van der Waals surface area contributed by atoms with Crippen LogP contribution in [-0.2, 0) is 0 Å². The first-order chi connectivity index (χ1) is 9.31. The van der Waals surface area contributed by atoms with Gasteiger partial charge in [-0.1, -0.05) is 31.3 Å². The van der Waals surface area contributed by atoms with Gasteiger partial charge < -0.3 is 4.74 Å². The Labute approximate surface area is 116 Å². The number of allylic oxidation sites excluding steroid dienone is 2. The SMILES string of the molecule is CCOc1ccc(C#CC2=CCC(CC)CC2)cc1. The van der Waals surface area contributed by atoms with E-state index >= 15 is 0 Å². The van der Waals surface area contributed by atoms with Crippen molar-refractivity contribution in [2.24, 2.45) is 5.92 Å². The Kier molecular flexibility index (Phi) is 5.10. The number of hydrogen-bond acceptors (Lipinski definition) is 1. The van der Waals surface area contributed by atoms with Crippen LogP contribution in [0.25, 0.3) is 0 Å². The van der Waals surface area contributed by atoms with Gasteiger partial charge in [-0.05, 0) is 61.9 Å². The van der Waals surface area contributed by atoms with Gasteiger partial charge in [0, 0.05) is 5.56 Å². The van der Waals surface area contributed by atoms with Crippen LogP contribution in [0.5, 0.6) is 5.75 Å². The average Bonchev–Trinajstić information content (AvgIpc) is 2.47. The van der Waals surface area contributed by atoms with Crippen LogP contribution >= 0.6 is 0 Å². The molecule has 0 N–H and O–H groups in total. The molecule has 0 amide bonds. The van der Waals surface area contributed by atoms with Crippen LogP contribution in [0.15, 0.2) is 35.9 Å². The fourth-order valence-electron chi connectivity index (χ4n) is 2.33. The lowest BCUT2D eigenvalue weighted by Crippen LogP contribution is -2.03. The van der Waals surface area contributed by atoms with Gasteiger partial charge in [-0.2, -0.15) is 0 Å². The second-order valence-electron chi connectivity index (χ2n) is 4.99. The van der Waals surface area contributed by atoms with Crippen LogP contribution in [0.4, 0.5) is 0 Å². The first kappa shape index (κ1) is 13.7. The molecule has 0 aliphatic heterocycles. The molecule has 1 aromatic rings. The smallest absolute Gasteiger partial charge is 0.119 e. The number of benzene rings is 1. The third-order valence-corrected chi connectivity index (χ3v) is 3.63. The van der Waals surface area contributed by atoms with Gasteiger partial charge in [0.1, 0.15) is 5.75 Å². The Hall–Kier alpha value is -1.68. The highest BCUT2D eigenvalue weighted by molar-refractivity contribution is 5.43. The summed E-state index contributed by atoms with van der Waals surface area (Å²) < 4.78 is 5.42. The predicted molar refractivity (Wildman–Crippen MR) is 80.2 cm³/mol. The van der Waals surface area contributed by atoms with E-state index in [9.17, 15) is 0 Å². The molecule has 1 aliphatic carbocycles. The van der Waals surface area contributed by atoms with Crippen molar-refractivity contribution in [3.8, 4) is 17.6 Å². The molecule has 19 heavy (non-hydrogen) atoms. The molecular weight excluding hydrogens is 232 g/mol. The van der Waals surface area contributed by atoms with Gasteiger partial charge in [0.05, 0.1) is 6.61 Å². The van der Waals surface area contributed by atoms with Crippen LogP contribution in [-0.4, -0.2) is 6.61 Å². The number of ether oxygens (including phenoxy) is 1. The van der Waals surface area contributed by atoms with E-state index in [1.165, 1.54) is 24.8 Å². The Bertz CT molecular complexity index is 485. The molecule has 0 heterocycles. The summed E-state index contributed by atoms with van der Waals surface area (Å²) in [6, 6.07) is 8.01. The van der Waals surface area contributed by atoms with Crippen molar-refractivity contribution in [1.29, 1.82) is 0 Å². The summed E-state index contributed by atoms with van der Waals surface area (Å²) in [7, 11) is 0. The van der Waals surface area contributed by atoms with Gasteiger partial charge in [-0.3, -0.25) is 0 Å². The summed E-state index contributed by atoms with van der Waals surface area (Å²) in [5.41, 5.74) is 2.36. The highest BCUT2D eigenvalue weighted by Gasteiger charge is 2.10. The molecule has 0 spiro atoms. The van der Waals surface area contributed by atoms with Crippen molar-refractivity contribution in [2.75, 3.05) is 6.61 Å². The van der Waals surface area contributed by atoms with Gasteiger partial charge in [0.25, 0.3) is 0 Å². The zero-order chi connectivity index (χ0) is 13.5. The maximum absolute atomic E-state index is 5.42. The van der Waals surface area contributed by atoms with E-state index < -0.39 is 0 Å². The van der Waals surface area contributed by atoms with Crippen molar-refractivity contribution < 1.29 is 4.74 Å². The van der Waals surface area contributed by atoms with E-state index in [4.69, 9.17) is 4.74 Å². The van der Waals surface area contributed by atoms with Crippen molar-refractivity contribution in [3.63, 3.8) is 0 Å². The zero-order valence-corrected chi connectivity index (χ0v) is 11.9. The average molecular weight is 254 g/mol. The maximum atomic E-state index is 5.42. The molecule has 1 heteroatoms. The van der Waals surface area contributed by atoms with Crippen LogP contribution in [0.3, 0.4) is 0 Å². The van der Waals surface area contributed by atoms with Gasteiger partial charge in [0.2, 0.25) is 0 Å². The normalized spacial score (nSPS) is 18.2. The van der Waals surface area contributed by atoms with Gasteiger partial charge in [0.15, 0.2) is 0 Å². The Morgan fingerprint density at radius 3 is 2.53 bits per heavy atom. The molecule has 1 unspecified atom stereocenters. The summed E-state index contributed by atoms with van der Waals surface area (Å²) >= 11 is 0. The molecule has 1 aromatic carbocycles. The van der Waals surface area contributed by atoms with E-state index in [0.717, 1.165) is 23.7 Å². The zero-order valence-electron chi connectivity index (χ0n) is 11.9. The van der Waals surface area contributed by atoms with Crippen LogP contribution in [0.1, 0.15) is 45.1 Å². The standard InChI is InChI=1S/C18H22O/c1-3-15-5-7-16(8-6-15)9-10-17-11-13-18(14-12-17)19-4-2/h7,11-15H,3-6,8H2,1-2H3. The van der Waals surface area contributed by atoms with E-state index in [-0.39, 0.29) is 0 Å². The topological polar surface area (TPSA) is 9.23 Å².